The Balaban J connectivity index is 1.87. The van der Waals surface area contributed by atoms with Gasteiger partial charge in [-0.3, -0.25) is 4.79 Å². The maximum atomic E-state index is 13.2. The van der Waals surface area contributed by atoms with E-state index in [1.165, 1.54) is 4.68 Å². The fourth-order valence-electron chi connectivity index (χ4n) is 3.69. The highest BCUT2D eigenvalue weighted by Gasteiger charge is 2.12. The number of rotatable bonds is 6. The van der Waals surface area contributed by atoms with Gasteiger partial charge in [0.15, 0.2) is 0 Å². The minimum Gasteiger partial charge on any atom is -0.344 e. The van der Waals surface area contributed by atoms with Gasteiger partial charge in [-0.25, -0.2) is 4.98 Å². The van der Waals surface area contributed by atoms with E-state index in [4.69, 9.17) is 4.98 Å². The third-order valence-corrected chi connectivity index (χ3v) is 5.76. The van der Waals surface area contributed by atoms with Gasteiger partial charge in [-0.1, -0.05) is 47.5 Å². The van der Waals surface area contributed by atoms with Crippen LogP contribution in [0.15, 0.2) is 63.0 Å². The molecule has 0 saturated carbocycles. The second-order valence-corrected chi connectivity index (χ2v) is 8.67. The van der Waals surface area contributed by atoms with Gasteiger partial charge in [-0.15, -0.1) is 0 Å². The third-order valence-electron chi connectivity index (χ3n) is 5.27. The first kappa shape index (κ1) is 20.5. The lowest BCUT2D eigenvalue weighted by Gasteiger charge is -2.09. The number of nitrogens with zero attached hydrogens (tertiary/aromatic N) is 4. The zero-order valence-corrected chi connectivity index (χ0v) is 19.1. The lowest BCUT2D eigenvalue weighted by molar-refractivity contribution is 0.622. The molecular weight excluding hydrogens is 440 g/mol. The van der Waals surface area contributed by atoms with Crippen LogP contribution in [0.25, 0.3) is 21.8 Å². The van der Waals surface area contributed by atoms with Crippen molar-refractivity contribution in [1.29, 1.82) is 0 Å². The molecule has 0 saturated heterocycles. The summed E-state index contributed by atoms with van der Waals surface area (Å²) < 4.78 is 4.55. The number of aryl methyl sites for hydroxylation is 1. The Bertz CT molecular complexity index is 1300. The lowest BCUT2D eigenvalue weighted by Crippen LogP contribution is -2.22. The van der Waals surface area contributed by atoms with E-state index in [1.54, 1.807) is 6.21 Å². The average Bonchev–Trinajstić information content (AvgIpc) is 3.11. The molecule has 0 N–H and O–H groups in total. The van der Waals surface area contributed by atoms with Gasteiger partial charge in [0.05, 0.1) is 17.1 Å². The summed E-state index contributed by atoms with van der Waals surface area (Å²) in [5.74, 6) is 0.695. The van der Waals surface area contributed by atoms with Crippen LogP contribution in [-0.4, -0.2) is 20.4 Å². The number of benzene rings is 2. The molecule has 30 heavy (non-hydrogen) atoms. The molecule has 2 aromatic carbocycles. The van der Waals surface area contributed by atoms with Crippen molar-refractivity contribution < 1.29 is 0 Å². The molecule has 0 spiro atoms. The predicted octanol–water partition coefficient (Wildman–Crippen LogP) is 5.92. The van der Waals surface area contributed by atoms with Crippen LogP contribution < -0.4 is 5.56 Å². The SMILES string of the molecule is CCCCc1nc2ccc(Br)cc2c(=O)n1N=Cc1cn(C(C)C)c2ccccc12. The van der Waals surface area contributed by atoms with Gasteiger partial charge in [0.1, 0.15) is 5.82 Å². The van der Waals surface area contributed by atoms with Gasteiger partial charge in [-0.2, -0.15) is 9.78 Å². The Labute approximate surface area is 184 Å². The van der Waals surface area contributed by atoms with Crippen LogP contribution in [-0.2, 0) is 6.42 Å². The Morgan fingerprint density at radius 2 is 1.97 bits per heavy atom. The second kappa shape index (κ2) is 8.56. The zero-order valence-electron chi connectivity index (χ0n) is 17.5. The number of unbranched alkanes of at least 4 members (excludes halogenated alkanes) is 1. The third kappa shape index (κ3) is 3.84. The van der Waals surface area contributed by atoms with Crippen LogP contribution in [0.4, 0.5) is 0 Å². The van der Waals surface area contributed by atoms with Gasteiger partial charge in [-0.05, 0) is 44.5 Å². The molecule has 154 valence electrons. The summed E-state index contributed by atoms with van der Waals surface area (Å²) in [5.41, 5.74) is 2.71. The van der Waals surface area contributed by atoms with Crippen LogP contribution in [0.2, 0.25) is 0 Å². The van der Waals surface area contributed by atoms with Crippen molar-refractivity contribution in [2.24, 2.45) is 5.10 Å². The van der Waals surface area contributed by atoms with Gasteiger partial charge < -0.3 is 4.57 Å². The Morgan fingerprint density at radius 1 is 1.17 bits per heavy atom. The number of aromatic nitrogens is 3. The number of hydrogen-bond donors (Lipinski definition) is 0. The van der Waals surface area contributed by atoms with Crippen LogP contribution in [0.3, 0.4) is 0 Å². The Kier molecular flexibility index (Phi) is 5.86. The smallest absolute Gasteiger partial charge is 0.282 e. The number of fused-ring (bicyclic) bond motifs is 2. The van der Waals surface area contributed by atoms with E-state index in [-0.39, 0.29) is 5.56 Å². The zero-order chi connectivity index (χ0) is 21.3. The number of para-hydroxylation sites is 1. The fourth-order valence-corrected chi connectivity index (χ4v) is 4.05. The second-order valence-electron chi connectivity index (χ2n) is 7.76. The molecule has 0 unspecified atom stereocenters. The first-order valence-electron chi connectivity index (χ1n) is 10.3. The summed E-state index contributed by atoms with van der Waals surface area (Å²) >= 11 is 3.45. The van der Waals surface area contributed by atoms with E-state index in [0.717, 1.165) is 33.8 Å². The molecule has 4 rings (SSSR count). The van der Waals surface area contributed by atoms with E-state index >= 15 is 0 Å². The molecule has 6 heteroatoms. The summed E-state index contributed by atoms with van der Waals surface area (Å²) in [4.78, 5) is 18.0. The molecule has 0 atom stereocenters. The van der Waals surface area contributed by atoms with Crippen LogP contribution in [0, 0.1) is 0 Å². The molecule has 2 aromatic heterocycles. The van der Waals surface area contributed by atoms with Crippen molar-refractivity contribution in [3.05, 3.63) is 74.9 Å². The molecule has 0 radical (unpaired) electrons. The van der Waals surface area contributed by atoms with Crippen molar-refractivity contribution >= 4 is 44.0 Å². The summed E-state index contributed by atoms with van der Waals surface area (Å²) in [5, 5.41) is 6.30. The summed E-state index contributed by atoms with van der Waals surface area (Å²) in [6.45, 7) is 6.45. The van der Waals surface area contributed by atoms with Crippen LogP contribution in [0.1, 0.15) is 51.0 Å². The molecule has 4 aromatic rings. The molecule has 2 heterocycles. The van der Waals surface area contributed by atoms with Crippen molar-refractivity contribution in [3.8, 4) is 0 Å². The van der Waals surface area contributed by atoms with Gasteiger partial charge in [0.25, 0.3) is 5.56 Å². The topological polar surface area (TPSA) is 52.2 Å². The summed E-state index contributed by atoms with van der Waals surface area (Å²) in [6.07, 6.45) is 6.57. The van der Waals surface area contributed by atoms with Crippen LogP contribution >= 0.6 is 15.9 Å². The summed E-state index contributed by atoms with van der Waals surface area (Å²) in [7, 11) is 0. The lowest BCUT2D eigenvalue weighted by atomic mass is 10.2. The molecule has 0 fully saturated rings. The highest BCUT2D eigenvalue weighted by Crippen LogP contribution is 2.23. The highest BCUT2D eigenvalue weighted by molar-refractivity contribution is 9.10. The quantitative estimate of drug-likeness (QED) is 0.332. The fraction of sp³-hybridized carbons (Fsp3) is 0.292. The van der Waals surface area contributed by atoms with E-state index < -0.39 is 0 Å². The normalized spacial score (nSPS) is 12.0. The number of halogens is 1. The monoisotopic (exact) mass is 464 g/mol. The first-order valence-corrected chi connectivity index (χ1v) is 11.1. The molecule has 0 aliphatic rings. The Morgan fingerprint density at radius 3 is 2.73 bits per heavy atom. The highest BCUT2D eigenvalue weighted by atomic mass is 79.9. The van der Waals surface area contributed by atoms with E-state index in [9.17, 15) is 4.79 Å². The molecular formula is C24H25BrN4O. The van der Waals surface area contributed by atoms with Crippen LogP contribution in [0.5, 0.6) is 0 Å². The predicted molar refractivity (Wildman–Crippen MR) is 128 cm³/mol. The number of hydrogen-bond acceptors (Lipinski definition) is 3. The van der Waals surface area contributed by atoms with Crippen molar-refractivity contribution in [2.45, 2.75) is 46.1 Å². The average molecular weight is 465 g/mol. The van der Waals surface area contributed by atoms with E-state index in [1.807, 2.05) is 30.3 Å². The minimum absolute atomic E-state index is 0.142. The molecule has 0 aliphatic heterocycles. The van der Waals surface area contributed by atoms with Gasteiger partial charge in [0, 0.05) is 39.6 Å². The molecule has 0 amide bonds. The van der Waals surface area contributed by atoms with Crippen molar-refractivity contribution in [2.75, 3.05) is 0 Å². The molecule has 5 nitrogen and oxygen atoms in total. The van der Waals surface area contributed by atoms with Gasteiger partial charge >= 0.3 is 0 Å². The van der Waals surface area contributed by atoms with Crippen molar-refractivity contribution in [3.63, 3.8) is 0 Å². The summed E-state index contributed by atoms with van der Waals surface area (Å²) in [6, 6.07) is 14.2. The largest absolute Gasteiger partial charge is 0.344 e. The standard InChI is InChI=1S/C24H25BrN4O/c1-4-5-10-23-27-21-12-11-18(25)13-20(21)24(30)29(23)26-14-17-15-28(16(2)3)22-9-7-6-8-19(17)22/h6-9,11-16H,4-5,10H2,1-3H3. The first-order chi connectivity index (χ1) is 14.5. The molecule has 0 bridgehead atoms. The maximum Gasteiger partial charge on any atom is 0.282 e. The maximum absolute atomic E-state index is 13.2. The van der Waals surface area contributed by atoms with E-state index in [0.29, 0.717) is 29.2 Å². The van der Waals surface area contributed by atoms with Gasteiger partial charge in [0.2, 0.25) is 0 Å². The van der Waals surface area contributed by atoms with E-state index in [2.05, 4.69) is 64.7 Å². The van der Waals surface area contributed by atoms with Crippen molar-refractivity contribution in [1.82, 2.24) is 14.2 Å². The molecule has 0 aliphatic carbocycles. The Hall–Kier alpha value is -2.73. The minimum atomic E-state index is -0.142.